The van der Waals surface area contributed by atoms with Crippen molar-refractivity contribution in [3.05, 3.63) is 108 Å². The normalized spacial score (nSPS) is 22.7. The molecule has 1 aliphatic rings. The second kappa shape index (κ2) is 8.30. The van der Waals surface area contributed by atoms with Crippen molar-refractivity contribution in [1.29, 1.82) is 0 Å². The number of rotatable bonds is 5. The lowest BCUT2D eigenvalue weighted by Gasteiger charge is -2.50. The molecule has 0 amide bonds. The topological polar surface area (TPSA) is 24.1 Å². The average molecular weight is 371 g/mol. The first-order valence-corrected chi connectivity index (χ1v) is 10.4. The Morgan fingerprint density at radius 2 is 1.18 bits per heavy atom. The molecular formula is C26H30N2. The molecular weight excluding hydrogens is 340 g/mol. The quantitative estimate of drug-likeness (QED) is 0.641. The number of benzene rings is 3. The van der Waals surface area contributed by atoms with E-state index in [0.717, 1.165) is 6.54 Å². The Bertz CT molecular complexity index is 764. The first-order valence-electron chi connectivity index (χ1n) is 10.4. The summed E-state index contributed by atoms with van der Waals surface area (Å²) in [5.74, 6) is 0.603. The number of likely N-dealkylation sites (N-methyl/N-ethyl adjacent to an activating group) is 1. The Morgan fingerprint density at radius 1 is 0.750 bits per heavy atom. The van der Waals surface area contributed by atoms with Crippen LogP contribution >= 0.6 is 0 Å². The Kier molecular flexibility index (Phi) is 5.61. The van der Waals surface area contributed by atoms with Crippen molar-refractivity contribution in [3.8, 4) is 0 Å². The Hall–Kier alpha value is -2.42. The molecule has 3 aromatic rings. The molecule has 1 heterocycles. The zero-order valence-electron chi connectivity index (χ0n) is 16.8. The van der Waals surface area contributed by atoms with E-state index >= 15 is 0 Å². The summed E-state index contributed by atoms with van der Waals surface area (Å²) in [5, 5.41) is 7.58. The van der Waals surface area contributed by atoms with Crippen LogP contribution < -0.4 is 10.6 Å². The van der Waals surface area contributed by atoms with E-state index in [0.29, 0.717) is 12.0 Å². The molecule has 3 aromatic carbocycles. The van der Waals surface area contributed by atoms with Crippen molar-refractivity contribution in [2.45, 2.75) is 30.8 Å². The van der Waals surface area contributed by atoms with Crippen LogP contribution in [-0.2, 0) is 5.41 Å². The summed E-state index contributed by atoms with van der Waals surface area (Å²) in [4.78, 5) is 0. The van der Waals surface area contributed by atoms with Crippen LogP contribution in [0.15, 0.2) is 91.0 Å². The van der Waals surface area contributed by atoms with Gasteiger partial charge in [0.15, 0.2) is 0 Å². The molecule has 0 bridgehead atoms. The minimum Gasteiger partial charge on any atom is -0.315 e. The molecule has 28 heavy (non-hydrogen) atoms. The van der Waals surface area contributed by atoms with E-state index in [-0.39, 0.29) is 11.5 Å². The van der Waals surface area contributed by atoms with E-state index in [1.807, 2.05) is 0 Å². The third-order valence-corrected chi connectivity index (χ3v) is 6.42. The van der Waals surface area contributed by atoms with Crippen LogP contribution in [0, 0.1) is 5.92 Å². The minimum atomic E-state index is -0.272. The van der Waals surface area contributed by atoms with Gasteiger partial charge in [-0.15, -0.1) is 0 Å². The van der Waals surface area contributed by atoms with Crippen LogP contribution in [0.1, 0.15) is 30.0 Å². The zero-order valence-corrected chi connectivity index (χ0v) is 16.8. The molecule has 3 unspecified atom stereocenters. The monoisotopic (exact) mass is 370 g/mol. The van der Waals surface area contributed by atoms with E-state index in [1.165, 1.54) is 23.1 Å². The van der Waals surface area contributed by atoms with Gasteiger partial charge in [0, 0.05) is 12.1 Å². The summed E-state index contributed by atoms with van der Waals surface area (Å²) in [5.41, 5.74) is 3.73. The Labute approximate surface area is 169 Å². The van der Waals surface area contributed by atoms with E-state index in [2.05, 4.69) is 116 Å². The van der Waals surface area contributed by atoms with Gasteiger partial charge in [-0.1, -0.05) is 97.9 Å². The summed E-state index contributed by atoms with van der Waals surface area (Å²) in [6, 6.07) is 33.6. The molecule has 0 spiro atoms. The minimum absolute atomic E-state index is 0.244. The molecule has 144 valence electrons. The molecule has 1 saturated heterocycles. The van der Waals surface area contributed by atoms with Gasteiger partial charge in [-0.05, 0) is 42.6 Å². The smallest absolute Gasteiger partial charge is 0.0619 e. The van der Waals surface area contributed by atoms with Gasteiger partial charge in [0.05, 0.1) is 5.41 Å². The lowest BCUT2D eigenvalue weighted by molar-refractivity contribution is 0.196. The van der Waals surface area contributed by atoms with Crippen LogP contribution in [0.5, 0.6) is 0 Å². The van der Waals surface area contributed by atoms with Crippen LogP contribution in [-0.4, -0.2) is 25.7 Å². The molecule has 1 aliphatic heterocycles. The van der Waals surface area contributed by atoms with E-state index in [4.69, 9.17) is 0 Å². The summed E-state index contributed by atoms with van der Waals surface area (Å²) in [7, 11) is 2.10. The van der Waals surface area contributed by atoms with Crippen molar-refractivity contribution in [2.24, 2.45) is 5.92 Å². The van der Waals surface area contributed by atoms with Crippen molar-refractivity contribution < 1.29 is 0 Å². The molecule has 2 nitrogen and oxygen atoms in total. The predicted molar refractivity (Wildman–Crippen MR) is 118 cm³/mol. The molecule has 0 aliphatic carbocycles. The molecule has 0 aromatic heterocycles. The van der Waals surface area contributed by atoms with Gasteiger partial charge in [-0.2, -0.15) is 0 Å². The summed E-state index contributed by atoms with van der Waals surface area (Å²) in [6.07, 6.45) is 1.19. The van der Waals surface area contributed by atoms with Crippen LogP contribution in [0.25, 0.3) is 0 Å². The second-order valence-corrected chi connectivity index (χ2v) is 7.92. The predicted octanol–water partition coefficient (Wildman–Crippen LogP) is 4.61. The molecule has 2 N–H and O–H groups in total. The Morgan fingerprint density at radius 3 is 1.57 bits per heavy atom. The standard InChI is InChI=1S/C26H30N2/c1-20-18-19-28-25(24(20)27-2)26(21-12-6-3-7-13-21,22-14-8-4-9-15-22)23-16-10-5-11-17-23/h3-17,20,24-25,27-28H,18-19H2,1-2H3. The summed E-state index contributed by atoms with van der Waals surface area (Å²) >= 11 is 0. The van der Waals surface area contributed by atoms with Crippen LogP contribution in [0.3, 0.4) is 0 Å². The fourth-order valence-electron chi connectivity index (χ4n) is 5.12. The first-order chi connectivity index (χ1) is 13.8. The SMILES string of the molecule is CNC1C(C)CCNC1C(c1ccccc1)(c1ccccc1)c1ccccc1. The number of piperidine rings is 1. The maximum atomic E-state index is 3.92. The highest BCUT2D eigenvalue weighted by atomic mass is 15.1. The lowest BCUT2D eigenvalue weighted by atomic mass is 9.60. The average Bonchev–Trinajstić information content (AvgIpc) is 2.77. The van der Waals surface area contributed by atoms with Gasteiger partial charge in [0.2, 0.25) is 0 Å². The molecule has 0 saturated carbocycles. The highest BCUT2D eigenvalue weighted by Crippen LogP contribution is 2.45. The third-order valence-electron chi connectivity index (χ3n) is 6.42. The number of hydrogen-bond acceptors (Lipinski definition) is 2. The Balaban J connectivity index is 2.04. The fourth-order valence-corrected chi connectivity index (χ4v) is 5.12. The molecule has 0 radical (unpaired) electrons. The van der Waals surface area contributed by atoms with Gasteiger partial charge >= 0.3 is 0 Å². The highest BCUT2D eigenvalue weighted by Gasteiger charge is 2.48. The van der Waals surface area contributed by atoms with Crippen LogP contribution in [0.4, 0.5) is 0 Å². The molecule has 4 rings (SSSR count). The van der Waals surface area contributed by atoms with Gasteiger partial charge in [-0.25, -0.2) is 0 Å². The number of hydrogen-bond donors (Lipinski definition) is 2. The van der Waals surface area contributed by atoms with E-state index < -0.39 is 0 Å². The fraction of sp³-hybridized carbons (Fsp3) is 0.308. The van der Waals surface area contributed by atoms with Gasteiger partial charge in [-0.3, -0.25) is 0 Å². The first kappa shape index (κ1) is 18.9. The molecule has 3 atom stereocenters. The highest BCUT2D eigenvalue weighted by molar-refractivity contribution is 5.53. The number of nitrogens with one attached hydrogen (secondary N) is 2. The van der Waals surface area contributed by atoms with Gasteiger partial charge in [0.1, 0.15) is 0 Å². The van der Waals surface area contributed by atoms with Gasteiger partial charge in [0.25, 0.3) is 0 Å². The largest absolute Gasteiger partial charge is 0.315 e. The summed E-state index contributed by atoms with van der Waals surface area (Å²) < 4.78 is 0. The van der Waals surface area contributed by atoms with E-state index in [9.17, 15) is 0 Å². The van der Waals surface area contributed by atoms with Crippen LogP contribution in [0.2, 0.25) is 0 Å². The maximum absolute atomic E-state index is 3.92. The zero-order chi connectivity index (χ0) is 19.4. The summed E-state index contributed by atoms with van der Waals surface area (Å²) in [6.45, 7) is 3.42. The maximum Gasteiger partial charge on any atom is 0.0619 e. The van der Waals surface area contributed by atoms with Crippen molar-refractivity contribution in [3.63, 3.8) is 0 Å². The van der Waals surface area contributed by atoms with Crippen molar-refractivity contribution >= 4 is 0 Å². The molecule has 2 heteroatoms. The second-order valence-electron chi connectivity index (χ2n) is 7.92. The van der Waals surface area contributed by atoms with Crippen molar-refractivity contribution in [2.75, 3.05) is 13.6 Å². The molecule has 1 fully saturated rings. The van der Waals surface area contributed by atoms with Crippen molar-refractivity contribution in [1.82, 2.24) is 10.6 Å². The third kappa shape index (κ3) is 3.17. The lowest BCUT2D eigenvalue weighted by Crippen LogP contribution is -2.64. The van der Waals surface area contributed by atoms with Gasteiger partial charge < -0.3 is 10.6 Å². The van der Waals surface area contributed by atoms with E-state index in [1.54, 1.807) is 0 Å².